The van der Waals surface area contributed by atoms with Crippen LogP contribution in [0.1, 0.15) is 5.56 Å². The van der Waals surface area contributed by atoms with Crippen molar-refractivity contribution >= 4 is 34.9 Å². The van der Waals surface area contributed by atoms with E-state index in [4.69, 9.17) is 16.3 Å². The first-order valence-electron chi connectivity index (χ1n) is 7.45. The summed E-state index contributed by atoms with van der Waals surface area (Å²) in [7, 11) is 0. The van der Waals surface area contributed by atoms with Crippen molar-refractivity contribution in [1.29, 1.82) is 0 Å². The molecular formula is C17H13ClN4O3S. The maximum atomic E-state index is 11.1. The van der Waals surface area contributed by atoms with Crippen molar-refractivity contribution < 1.29 is 9.66 Å². The molecule has 0 aliphatic rings. The molecule has 1 aromatic heterocycles. The van der Waals surface area contributed by atoms with E-state index in [9.17, 15) is 10.1 Å². The van der Waals surface area contributed by atoms with Gasteiger partial charge in [-0.3, -0.25) is 10.1 Å². The highest BCUT2D eigenvalue weighted by Gasteiger charge is 2.13. The van der Waals surface area contributed by atoms with E-state index in [0.29, 0.717) is 15.7 Å². The summed E-state index contributed by atoms with van der Waals surface area (Å²) in [6, 6.07) is 12.2. The van der Waals surface area contributed by atoms with E-state index < -0.39 is 4.92 Å². The minimum absolute atomic E-state index is 0.0570. The number of para-hydroxylation sites is 1. The molecule has 0 radical (unpaired) electrons. The molecule has 0 spiro atoms. The third-order valence-corrected chi connectivity index (χ3v) is 4.41. The highest BCUT2D eigenvalue weighted by molar-refractivity contribution is 8.00. The van der Waals surface area contributed by atoms with Crippen LogP contribution in [-0.2, 0) is 0 Å². The van der Waals surface area contributed by atoms with Crippen LogP contribution in [0.25, 0.3) is 0 Å². The Bertz CT molecular complexity index is 938. The number of rotatable bonds is 6. The van der Waals surface area contributed by atoms with Gasteiger partial charge in [0.25, 0.3) is 5.69 Å². The monoisotopic (exact) mass is 388 g/mol. The van der Waals surface area contributed by atoms with Gasteiger partial charge in [-0.05, 0) is 48.7 Å². The quantitative estimate of drug-likeness (QED) is 0.350. The van der Waals surface area contributed by atoms with Gasteiger partial charge in [0.05, 0.1) is 22.3 Å². The summed E-state index contributed by atoms with van der Waals surface area (Å²) < 4.78 is 8.73. The van der Waals surface area contributed by atoms with Gasteiger partial charge in [0.1, 0.15) is 10.6 Å². The molecule has 9 heteroatoms. The molecule has 2 aromatic carbocycles. The van der Waals surface area contributed by atoms with Gasteiger partial charge < -0.3 is 9.46 Å². The Kier molecular flexibility index (Phi) is 5.55. The van der Waals surface area contributed by atoms with Crippen molar-refractivity contribution in [2.24, 2.45) is 0 Å². The number of hydrogen-bond acceptors (Lipinski definition) is 7. The lowest BCUT2D eigenvalue weighted by Gasteiger charge is -2.10. The Labute approximate surface area is 158 Å². The number of benzene rings is 2. The largest absolute Gasteiger partial charge is 0.424 e. The molecule has 0 aliphatic heterocycles. The first kappa shape index (κ1) is 18.0. The van der Waals surface area contributed by atoms with Crippen LogP contribution in [0.4, 0.5) is 11.4 Å². The van der Waals surface area contributed by atoms with Crippen molar-refractivity contribution in [3.05, 3.63) is 75.6 Å². The van der Waals surface area contributed by atoms with Gasteiger partial charge in [0.2, 0.25) is 0 Å². The number of halogens is 1. The van der Waals surface area contributed by atoms with Crippen LogP contribution in [0, 0.1) is 17.0 Å². The highest BCUT2D eigenvalue weighted by atomic mass is 35.5. The maximum absolute atomic E-state index is 11.1. The second-order valence-electron chi connectivity index (χ2n) is 5.20. The number of nitrogens with zero attached hydrogens (tertiary/aromatic N) is 3. The zero-order valence-corrected chi connectivity index (χ0v) is 15.1. The number of nitrogens with one attached hydrogen (secondary N) is 1. The molecule has 0 saturated carbocycles. The van der Waals surface area contributed by atoms with Crippen molar-refractivity contribution in [3.63, 3.8) is 0 Å². The average molecular weight is 389 g/mol. The number of aryl methyl sites for hydroxylation is 1. The fourth-order valence-corrected chi connectivity index (χ4v) is 2.93. The third-order valence-electron chi connectivity index (χ3n) is 3.31. The molecule has 7 nitrogen and oxygen atoms in total. The number of ether oxygens (including phenoxy) is 1. The van der Waals surface area contributed by atoms with Crippen LogP contribution in [0.2, 0.25) is 5.02 Å². The lowest BCUT2D eigenvalue weighted by molar-refractivity contribution is -0.387. The zero-order valence-electron chi connectivity index (χ0n) is 13.5. The van der Waals surface area contributed by atoms with Gasteiger partial charge in [-0.1, -0.05) is 23.7 Å². The van der Waals surface area contributed by atoms with E-state index in [-0.39, 0.29) is 11.7 Å². The molecule has 0 saturated heterocycles. The molecule has 3 rings (SSSR count). The van der Waals surface area contributed by atoms with Gasteiger partial charge >= 0.3 is 6.01 Å². The molecule has 26 heavy (non-hydrogen) atoms. The SMILES string of the molecule is Cc1cc(NSc2ccccc2[N+](=O)[O-])ccc1Oc1ncc(Cl)cn1. The Morgan fingerprint density at radius 1 is 1.19 bits per heavy atom. The predicted molar refractivity (Wildman–Crippen MR) is 101 cm³/mol. The number of hydrogen-bond donors (Lipinski definition) is 1. The Balaban J connectivity index is 1.70. The van der Waals surface area contributed by atoms with Gasteiger partial charge in [0, 0.05) is 11.8 Å². The highest BCUT2D eigenvalue weighted by Crippen LogP contribution is 2.31. The smallest absolute Gasteiger partial charge is 0.321 e. The Hall–Kier alpha value is -2.84. The molecule has 0 atom stereocenters. The van der Waals surface area contributed by atoms with Crippen molar-refractivity contribution in [2.45, 2.75) is 11.8 Å². The Morgan fingerprint density at radius 3 is 2.62 bits per heavy atom. The van der Waals surface area contributed by atoms with Gasteiger partial charge in [0.15, 0.2) is 0 Å². The summed E-state index contributed by atoms with van der Waals surface area (Å²) in [5, 5.41) is 11.5. The summed E-state index contributed by atoms with van der Waals surface area (Å²) >= 11 is 6.93. The van der Waals surface area contributed by atoms with E-state index in [2.05, 4.69) is 14.7 Å². The van der Waals surface area contributed by atoms with E-state index >= 15 is 0 Å². The van der Waals surface area contributed by atoms with Gasteiger partial charge in [-0.15, -0.1) is 0 Å². The standard InChI is InChI=1S/C17H13ClN4O3S/c1-11-8-13(21-26-16-5-3-2-4-14(16)22(23)24)6-7-15(11)25-17-19-9-12(18)10-20-17/h2-10,21H,1H3. The van der Waals surface area contributed by atoms with E-state index in [0.717, 1.165) is 11.3 Å². The van der Waals surface area contributed by atoms with Gasteiger partial charge in [-0.25, -0.2) is 9.97 Å². The lowest BCUT2D eigenvalue weighted by atomic mass is 10.2. The molecule has 0 unspecified atom stereocenters. The second-order valence-corrected chi connectivity index (χ2v) is 6.48. The lowest BCUT2D eigenvalue weighted by Crippen LogP contribution is -1.95. The summed E-state index contributed by atoms with van der Waals surface area (Å²) in [5.74, 6) is 0.605. The molecule has 1 N–H and O–H groups in total. The molecular weight excluding hydrogens is 376 g/mol. The van der Waals surface area contributed by atoms with Crippen LogP contribution < -0.4 is 9.46 Å². The fourth-order valence-electron chi connectivity index (χ4n) is 2.09. The number of nitro benzene ring substituents is 1. The normalized spacial score (nSPS) is 10.4. The van der Waals surface area contributed by atoms with Crippen LogP contribution in [0.5, 0.6) is 11.8 Å². The van der Waals surface area contributed by atoms with Crippen LogP contribution in [0.3, 0.4) is 0 Å². The molecule has 0 fully saturated rings. The van der Waals surface area contributed by atoms with Crippen LogP contribution in [0.15, 0.2) is 59.8 Å². The van der Waals surface area contributed by atoms with Crippen LogP contribution in [-0.4, -0.2) is 14.9 Å². The summed E-state index contributed by atoms with van der Waals surface area (Å²) in [5.41, 5.74) is 1.70. The minimum atomic E-state index is -0.404. The molecule has 0 aliphatic carbocycles. The molecule has 3 aromatic rings. The van der Waals surface area contributed by atoms with Gasteiger partial charge in [-0.2, -0.15) is 0 Å². The number of aromatic nitrogens is 2. The maximum Gasteiger partial charge on any atom is 0.321 e. The number of nitro groups is 1. The molecule has 1 heterocycles. The third kappa shape index (κ3) is 4.41. The Morgan fingerprint density at radius 2 is 1.92 bits per heavy atom. The van der Waals surface area contributed by atoms with Crippen LogP contribution >= 0.6 is 23.5 Å². The molecule has 132 valence electrons. The summed E-state index contributed by atoms with van der Waals surface area (Å²) in [6.45, 7) is 1.88. The first-order chi connectivity index (χ1) is 12.5. The zero-order chi connectivity index (χ0) is 18.5. The molecule has 0 bridgehead atoms. The fraction of sp³-hybridized carbons (Fsp3) is 0.0588. The average Bonchev–Trinajstić information content (AvgIpc) is 2.64. The number of anilines is 1. The summed E-state index contributed by atoms with van der Waals surface area (Å²) in [4.78, 5) is 19.2. The van der Waals surface area contributed by atoms with Crippen molar-refractivity contribution in [2.75, 3.05) is 4.72 Å². The predicted octanol–water partition coefficient (Wildman–Crippen LogP) is 5.26. The summed E-state index contributed by atoms with van der Waals surface area (Å²) in [6.07, 6.45) is 2.91. The van der Waals surface area contributed by atoms with E-state index in [1.165, 1.54) is 30.4 Å². The molecule has 0 amide bonds. The topological polar surface area (TPSA) is 90.2 Å². The van der Waals surface area contributed by atoms with Crippen molar-refractivity contribution in [1.82, 2.24) is 9.97 Å². The van der Waals surface area contributed by atoms with E-state index in [1.54, 1.807) is 30.3 Å². The van der Waals surface area contributed by atoms with Crippen molar-refractivity contribution in [3.8, 4) is 11.8 Å². The van der Waals surface area contributed by atoms with E-state index in [1.807, 2.05) is 13.0 Å². The second kappa shape index (κ2) is 8.03. The first-order valence-corrected chi connectivity index (χ1v) is 8.65. The minimum Gasteiger partial charge on any atom is -0.424 e.